The van der Waals surface area contributed by atoms with Gasteiger partial charge >= 0.3 is 5.97 Å². The lowest BCUT2D eigenvalue weighted by Gasteiger charge is -2.24. The maximum Gasteiger partial charge on any atom is 0.310 e. The van der Waals surface area contributed by atoms with Crippen molar-refractivity contribution in [2.45, 2.75) is 19.1 Å². The molecule has 116 valence electrons. The number of carboxylic acid groups (broad SMARTS) is 1. The van der Waals surface area contributed by atoms with Gasteiger partial charge in [-0.3, -0.25) is 9.59 Å². The fourth-order valence-electron chi connectivity index (χ4n) is 2.92. The third-order valence-corrected chi connectivity index (χ3v) is 6.34. The summed E-state index contributed by atoms with van der Waals surface area (Å²) in [6, 6.07) is 7.37. The molecule has 0 aromatic heterocycles. The lowest BCUT2D eigenvalue weighted by molar-refractivity contribution is -0.146. The summed E-state index contributed by atoms with van der Waals surface area (Å²) in [6.45, 7) is 1.88. The third kappa shape index (κ3) is 2.41. The molecule has 1 aromatic carbocycles. The summed E-state index contributed by atoms with van der Waals surface area (Å²) in [5.41, 5.74) is 1.60. The first-order valence-electron chi connectivity index (χ1n) is 6.71. The van der Waals surface area contributed by atoms with Crippen LogP contribution in [0.2, 0.25) is 0 Å². The van der Waals surface area contributed by atoms with E-state index in [1.165, 1.54) is 0 Å². The average Bonchev–Trinajstić information content (AvgIpc) is 2.99. The van der Waals surface area contributed by atoms with E-state index in [-0.39, 0.29) is 5.91 Å². The predicted octanol–water partition coefficient (Wildman–Crippen LogP) is 3.03. The average molecular weight is 431 g/mol. The molecule has 0 spiro atoms. The van der Waals surface area contributed by atoms with Gasteiger partial charge in [-0.2, -0.15) is 0 Å². The molecule has 1 amide bonds. The molecule has 0 saturated carbocycles. The van der Waals surface area contributed by atoms with Crippen molar-refractivity contribution in [3.8, 4) is 0 Å². The standard InChI is InChI=1S/C15H13Br2NO4/c1-6-4-2-3-5-7(6)18-14(19)8-9(15(20)21)13-11(17)10(16)12(8)22-13/h2-5,8-9,12-13H,1H3,(H,18,19)(H,20,21)/t8-,9+,12+,13+/m0/s1. The van der Waals surface area contributed by atoms with Crippen molar-refractivity contribution in [2.75, 3.05) is 5.32 Å². The molecule has 2 aliphatic heterocycles. The van der Waals surface area contributed by atoms with Crippen molar-refractivity contribution in [3.05, 3.63) is 38.8 Å². The number of fused-ring (bicyclic) bond motifs is 2. The van der Waals surface area contributed by atoms with Crippen LogP contribution in [0, 0.1) is 18.8 Å². The molecule has 1 saturated heterocycles. The van der Waals surface area contributed by atoms with E-state index in [1.54, 1.807) is 6.07 Å². The number of carbonyl (C=O) groups excluding carboxylic acids is 1. The highest BCUT2D eigenvalue weighted by Crippen LogP contribution is 2.51. The van der Waals surface area contributed by atoms with Crippen molar-refractivity contribution in [3.63, 3.8) is 0 Å². The van der Waals surface area contributed by atoms with Crippen LogP contribution < -0.4 is 5.32 Å². The number of halogens is 2. The number of nitrogens with one attached hydrogen (secondary N) is 1. The lowest BCUT2D eigenvalue weighted by Crippen LogP contribution is -2.41. The molecule has 3 rings (SSSR count). The number of rotatable bonds is 3. The Kier molecular flexibility index (Phi) is 4.13. The van der Waals surface area contributed by atoms with Gasteiger partial charge in [0.05, 0.1) is 5.92 Å². The SMILES string of the molecule is Cc1ccccc1NC(=O)[C@H]1[C@@H](C(=O)O)[C@H]2O[C@H]1C(Br)=C2Br. The van der Waals surface area contributed by atoms with Crippen molar-refractivity contribution in [1.82, 2.24) is 0 Å². The number of aliphatic carboxylic acids is 1. The first-order chi connectivity index (χ1) is 10.4. The molecule has 2 bridgehead atoms. The zero-order valence-electron chi connectivity index (χ0n) is 11.5. The summed E-state index contributed by atoms with van der Waals surface area (Å²) < 4.78 is 7.04. The van der Waals surface area contributed by atoms with E-state index in [2.05, 4.69) is 37.2 Å². The summed E-state index contributed by atoms with van der Waals surface area (Å²) in [7, 11) is 0. The molecule has 2 heterocycles. The number of anilines is 1. The van der Waals surface area contributed by atoms with Gasteiger partial charge in [-0.05, 0) is 18.6 Å². The summed E-state index contributed by atoms with van der Waals surface area (Å²) in [5.74, 6) is -3.04. The lowest BCUT2D eigenvalue weighted by atomic mass is 9.82. The van der Waals surface area contributed by atoms with Crippen LogP contribution in [0.15, 0.2) is 33.2 Å². The minimum Gasteiger partial charge on any atom is -0.481 e. The molecular weight excluding hydrogens is 418 g/mol. The van der Waals surface area contributed by atoms with Crippen molar-refractivity contribution in [2.24, 2.45) is 11.8 Å². The molecule has 5 nitrogen and oxygen atoms in total. The normalized spacial score (nSPS) is 29.8. The molecular formula is C15H13Br2NO4. The molecule has 0 radical (unpaired) electrons. The Hall–Kier alpha value is -1.18. The molecule has 7 heteroatoms. The molecule has 0 aliphatic carbocycles. The van der Waals surface area contributed by atoms with E-state index in [0.29, 0.717) is 14.7 Å². The first kappa shape index (κ1) is 15.7. The molecule has 0 unspecified atom stereocenters. The molecule has 1 fully saturated rings. The molecule has 22 heavy (non-hydrogen) atoms. The van der Waals surface area contributed by atoms with Gasteiger partial charge in [0.15, 0.2) is 0 Å². The number of ether oxygens (including phenoxy) is 1. The second-order valence-electron chi connectivity index (χ2n) is 5.37. The van der Waals surface area contributed by atoms with Crippen LogP contribution in [-0.2, 0) is 14.3 Å². The number of hydrogen-bond donors (Lipinski definition) is 2. The minimum atomic E-state index is -1.03. The van der Waals surface area contributed by atoms with Gasteiger partial charge in [0, 0.05) is 14.7 Å². The molecule has 2 N–H and O–H groups in total. The van der Waals surface area contributed by atoms with Crippen LogP contribution in [0.3, 0.4) is 0 Å². The number of hydrogen-bond acceptors (Lipinski definition) is 3. The highest BCUT2D eigenvalue weighted by atomic mass is 79.9. The summed E-state index contributed by atoms with van der Waals surface area (Å²) in [4.78, 5) is 24.2. The number of amides is 1. The maximum absolute atomic E-state index is 12.6. The van der Waals surface area contributed by atoms with Gasteiger partial charge in [0.1, 0.15) is 18.1 Å². The van der Waals surface area contributed by atoms with Crippen LogP contribution in [0.4, 0.5) is 5.69 Å². The molecule has 4 atom stereocenters. The van der Waals surface area contributed by atoms with Crippen LogP contribution in [0.1, 0.15) is 5.56 Å². The van der Waals surface area contributed by atoms with Gasteiger partial charge in [-0.25, -0.2) is 0 Å². The number of carbonyl (C=O) groups is 2. The second-order valence-corrected chi connectivity index (χ2v) is 7.08. The monoisotopic (exact) mass is 429 g/mol. The van der Waals surface area contributed by atoms with Crippen molar-refractivity contribution in [1.29, 1.82) is 0 Å². The Morgan fingerprint density at radius 1 is 1.14 bits per heavy atom. The topological polar surface area (TPSA) is 75.6 Å². The Morgan fingerprint density at radius 2 is 1.73 bits per heavy atom. The van der Waals surface area contributed by atoms with E-state index in [4.69, 9.17) is 4.74 Å². The molecule has 1 aromatic rings. The number of benzene rings is 1. The zero-order chi connectivity index (χ0) is 16.0. The van der Waals surface area contributed by atoms with E-state index in [1.807, 2.05) is 25.1 Å². The van der Waals surface area contributed by atoms with Crippen molar-refractivity contribution < 1.29 is 19.4 Å². The van der Waals surface area contributed by atoms with Crippen LogP contribution in [-0.4, -0.2) is 29.2 Å². The highest BCUT2D eigenvalue weighted by molar-refractivity contribution is 9.14. The Labute approximate surface area is 144 Å². The van der Waals surface area contributed by atoms with Gasteiger partial charge in [-0.1, -0.05) is 50.1 Å². The predicted molar refractivity (Wildman–Crippen MR) is 88.0 cm³/mol. The second kappa shape index (κ2) is 5.79. The fraction of sp³-hybridized carbons (Fsp3) is 0.333. The van der Waals surface area contributed by atoms with Gasteiger partial charge in [0.2, 0.25) is 5.91 Å². The smallest absolute Gasteiger partial charge is 0.310 e. The van der Waals surface area contributed by atoms with Crippen LogP contribution >= 0.6 is 31.9 Å². The number of aryl methyl sites for hydroxylation is 1. The summed E-state index contributed by atoms with van der Waals surface area (Å²) in [5, 5.41) is 12.3. The van der Waals surface area contributed by atoms with Crippen LogP contribution in [0.25, 0.3) is 0 Å². The summed E-state index contributed by atoms with van der Waals surface area (Å²) >= 11 is 6.72. The quantitative estimate of drug-likeness (QED) is 0.772. The minimum absolute atomic E-state index is 0.342. The number of carboxylic acids is 1. The van der Waals surface area contributed by atoms with Gasteiger partial charge in [-0.15, -0.1) is 0 Å². The van der Waals surface area contributed by atoms with E-state index in [9.17, 15) is 14.7 Å². The van der Waals surface area contributed by atoms with E-state index < -0.39 is 30.0 Å². The van der Waals surface area contributed by atoms with Gasteiger partial charge < -0.3 is 15.2 Å². The number of para-hydroxylation sites is 1. The Bertz CT molecular complexity index is 688. The maximum atomic E-state index is 12.6. The van der Waals surface area contributed by atoms with Crippen molar-refractivity contribution >= 4 is 49.4 Å². The van der Waals surface area contributed by atoms with Gasteiger partial charge in [0.25, 0.3) is 0 Å². The third-order valence-electron chi connectivity index (χ3n) is 4.05. The fourth-order valence-corrected chi connectivity index (χ4v) is 4.16. The Balaban J connectivity index is 1.89. The van der Waals surface area contributed by atoms with E-state index >= 15 is 0 Å². The van der Waals surface area contributed by atoms with Crippen LogP contribution in [0.5, 0.6) is 0 Å². The molecule has 2 aliphatic rings. The largest absolute Gasteiger partial charge is 0.481 e. The van der Waals surface area contributed by atoms with E-state index in [0.717, 1.165) is 5.56 Å². The first-order valence-corrected chi connectivity index (χ1v) is 8.30. The highest BCUT2D eigenvalue weighted by Gasteiger charge is 2.58. The Morgan fingerprint density at radius 3 is 2.32 bits per heavy atom. The summed E-state index contributed by atoms with van der Waals surface area (Å²) in [6.07, 6.45) is -1.19. The zero-order valence-corrected chi connectivity index (χ0v) is 14.7.